The maximum Gasteiger partial charge on any atom is 0.219 e. The van der Waals surface area contributed by atoms with Gasteiger partial charge in [0.1, 0.15) is 0 Å². The lowest BCUT2D eigenvalue weighted by atomic mass is 9.89. The molecule has 0 aromatic heterocycles. The second-order valence-corrected chi connectivity index (χ2v) is 5.54. The van der Waals surface area contributed by atoms with Crippen LogP contribution in [-0.2, 0) is 4.79 Å². The second kappa shape index (κ2) is 4.74. The molecule has 92 valence electrons. The van der Waals surface area contributed by atoms with E-state index in [1.807, 2.05) is 0 Å². The van der Waals surface area contributed by atoms with Crippen molar-refractivity contribution in [3.05, 3.63) is 0 Å². The van der Waals surface area contributed by atoms with Crippen LogP contribution in [-0.4, -0.2) is 47.9 Å². The quantitative estimate of drug-likeness (QED) is 0.729. The minimum atomic E-state index is 0.272. The fourth-order valence-corrected chi connectivity index (χ4v) is 2.97. The zero-order chi connectivity index (χ0) is 11.7. The Balaban J connectivity index is 1.94. The summed E-state index contributed by atoms with van der Waals surface area (Å²) in [5.41, 5.74) is 0. The highest BCUT2D eigenvalue weighted by Gasteiger charge is 2.37. The standard InChI is InChI=1S/C13H24N2O/c1-10(12-6-8-14(3)9-7-12)15(11(2)16)13-4-5-13/h10,12-13H,4-9H2,1-3H3. The molecule has 1 saturated carbocycles. The number of carbonyl (C=O) groups is 1. The highest BCUT2D eigenvalue weighted by atomic mass is 16.2. The Kier molecular flexibility index (Phi) is 3.53. The van der Waals surface area contributed by atoms with Crippen molar-refractivity contribution in [3.63, 3.8) is 0 Å². The van der Waals surface area contributed by atoms with Gasteiger partial charge in [-0.2, -0.15) is 0 Å². The number of hydrogen-bond acceptors (Lipinski definition) is 2. The normalized spacial score (nSPS) is 25.4. The maximum absolute atomic E-state index is 11.7. The van der Waals surface area contributed by atoms with Crippen molar-refractivity contribution in [3.8, 4) is 0 Å². The zero-order valence-corrected chi connectivity index (χ0v) is 10.8. The number of nitrogens with zero attached hydrogens (tertiary/aromatic N) is 2. The minimum Gasteiger partial charge on any atom is -0.337 e. The van der Waals surface area contributed by atoms with Gasteiger partial charge in [0.05, 0.1) is 0 Å². The van der Waals surface area contributed by atoms with Gasteiger partial charge in [-0.3, -0.25) is 4.79 Å². The Bertz CT molecular complexity index is 255. The number of piperidine rings is 1. The van der Waals surface area contributed by atoms with Crippen LogP contribution in [0.1, 0.15) is 39.5 Å². The average molecular weight is 224 g/mol. The van der Waals surface area contributed by atoms with Gasteiger partial charge < -0.3 is 9.80 Å². The molecular formula is C13H24N2O. The number of rotatable bonds is 3. The number of carbonyl (C=O) groups excluding carboxylic acids is 1. The Hall–Kier alpha value is -0.570. The summed E-state index contributed by atoms with van der Waals surface area (Å²) in [6.07, 6.45) is 4.93. The van der Waals surface area contributed by atoms with Gasteiger partial charge in [-0.15, -0.1) is 0 Å². The summed E-state index contributed by atoms with van der Waals surface area (Å²) in [6, 6.07) is 1.01. The molecule has 0 radical (unpaired) electrons. The van der Waals surface area contributed by atoms with Gasteiger partial charge in [0.25, 0.3) is 0 Å². The van der Waals surface area contributed by atoms with Crippen LogP contribution in [0.5, 0.6) is 0 Å². The SMILES string of the molecule is CC(=O)N(C1CC1)C(C)C1CCN(C)CC1. The molecule has 0 aromatic carbocycles. The van der Waals surface area contributed by atoms with E-state index in [4.69, 9.17) is 0 Å². The summed E-state index contributed by atoms with van der Waals surface area (Å²) in [7, 11) is 2.19. The van der Waals surface area contributed by atoms with E-state index in [-0.39, 0.29) is 5.91 Å². The van der Waals surface area contributed by atoms with Crippen LogP contribution in [0.25, 0.3) is 0 Å². The van der Waals surface area contributed by atoms with E-state index in [2.05, 4.69) is 23.8 Å². The third-order valence-corrected chi connectivity index (χ3v) is 4.19. The van der Waals surface area contributed by atoms with Crippen LogP contribution in [0, 0.1) is 5.92 Å². The third-order valence-electron chi connectivity index (χ3n) is 4.19. The first kappa shape index (κ1) is 11.9. The first-order valence-corrected chi connectivity index (χ1v) is 6.57. The molecule has 0 aromatic rings. The van der Waals surface area contributed by atoms with Crippen molar-refractivity contribution in [1.82, 2.24) is 9.80 Å². The van der Waals surface area contributed by atoms with Gasteiger partial charge in [-0.1, -0.05) is 0 Å². The number of amides is 1. The molecule has 16 heavy (non-hydrogen) atoms. The lowest BCUT2D eigenvalue weighted by Gasteiger charge is -2.38. The first-order valence-electron chi connectivity index (χ1n) is 6.57. The molecule has 1 aliphatic heterocycles. The zero-order valence-electron chi connectivity index (χ0n) is 10.8. The number of hydrogen-bond donors (Lipinski definition) is 0. The molecule has 1 atom stereocenters. The molecule has 0 bridgehead atoms. The van der Waals surface area contributed by atoms with Crippen LogP contribution in [0.4, 0.5) is 0 Å². The Morgan fingerprint density at radius 3 is 2.25 bits per heavy atom. The summed E-state index contributed by atoms with van der Waals surface area (Å²) in [4.78, 5) is 16.2. The molecule has 3 nitrogen and oxygen atoms in total. The summed E-state index contributed by atoms with van der Waals surface area (Å²) < 4.78 is 0. The molecule has 1 heterocycles. The monoisotopic (exact) mass is 224 g/mol. The highest BCUT2D eigenvalue weighted by Crippen LogP contribution is 2.33. The minimum absolute atomic E-state index is 0.272. The van der Waals surface area contributed by atoms with E-state index in [9.17, 15) is 4.79 Å². The van der Waals surface area contributed by atoms with Crippen molar-refractivity contribution < 1.29 is 4.79 Å². The van der Waals surface area contributed by atoms with Crippen molar-refractivity contribution in [2.24, 2.45) is 5.92 Å². The lowest BCUT2D eigenvalue weighted by Crippen LogP contribution is -2.46. The molecule has 1 amide bonds. The van der Waals surface area contributed by atoms with Gasteiger partial charge in [-0.25, -0.2) is 0 Å². The van der Waals surface area contributed by atoms with Gasteiger partial charge in [-0.05, 0) is 58.7 Å². The van der Waals surface area contributed by atoms with Crippen molar-refractivity contribution in [2.75, 3.05) is 20.1 Å². The van der Waals surface area contributed by atoms with E-state index in [1.54, 1.807) is 6.92 Å². The molecule has 3 heteroatoms. The van der Waals surface area contributed by atoms with Gasteiger partial charge in [0, 0.05) is 19.0 Å². The molecular weight excluding hydrogens is 200 g/mol. The molecule has 2 rings (SSSR count). The Labute approximate surface area is 98.8 Å². The molecule has 0 spiro atoms. The Morgan fingerprint density at radius 2 is 1.81 bits per heavy atom. The Morgan fingerprint density at radius 1 is 1.25 bits per heavy atom. The fraction of sp³-hybridized carbons (Fsp3) is 0.923. The van der Waals surface area contributed by atoms with Crippen molar-refractivity contribution >= 4 is 5.91 Å². The van der Waals surface area contributed by atoms with Crippen LogP contribution in [0.15, 0.2) is 0 Å². The van der Waals surface area contributed by atoms with Crippen LogP contribution < -0.4 is 0 Å². The maximum atomic E-state index is 11.7. The summed E-state index contributed by atoms with van der Waals surface area (Å²) >= 11 is 0. The van der Waals surface area contributed by atoms with Crippen molar-refractivity contribution in [1.29, 1.82) is 0 Å². The third kappa shape index (κ3) is 2.57. The van der Waals surface area contributed by atoms with E-state index in [0.29, 0.717) is 18.0 Å². The van der Waals surface area contributed by atoms with Crippen LogP contribution >= 0.6 is 0 Å². The van der Waals surface area contributed by atoms with E-state index >= 15 is 0 Å². The van der Waals surface area contributed by atoms with E-state index in [0.717, 1.165) is 0 Å². The topological polar surface area (TPSA) is 23.6 Å². The average Bonchev–Trinajstić information content (AvgIpc) is 3.02. The van der Waals surface area contributed by atoms with Gasteiger partial charge >= 0.3 is 0 Å². The predicted octanol–water partition coefficient (Wildman–Crippen LogP) is 1.73. The molecule has 2 aliphatic rings. The smallest absolute Gasteiger partial charge is 0.219 e. The number of likely N-dealkylation sites (tertiary alicyclic amines) is 1. The van der Waals surface area contributed by atoms with E-state index < -0.39 is 0 Å². The molecule has 1 aliphatic carbocycles. The van der Waals surface area contributed by atoms with Crippen LogP contribution in [0.3, 0.4) is 0 Å². The summed E-state index contributed by atoms with van der Waals surface area (Å²) in [5.74, 6) is 0.981. The van der Waals surface area contributed by atoms with Crippen LogP contribution in [0.2, 0.25) is 0 Å². The molecule has 1 unspecified atom stereocenters. The van der Waals surface area contributed by atoms with E-state index in [1.165, 1.54) is 38.8 Å². The predicted molar refractivity (Wildman–Crippen MR) is 65.2 cm³/mol. The second-order valence-electron chi connectivity index (χ2n) is 5.54. The molecule has 1 saturated heterocycles. The molecule has 0 N–H and O–H groups in total. The summed E-state index contributed by atoms with van der Waals surface area (Å²) in [5, 5.41) is 0. The lowest BCUT2D eigenvalue weighted by molar-refractivity contribution is -0.133. The van der Waals surface area contributed by atoms with Gasteiger partial charge in [0.2, 0.25) is 5.91 Å². The highest BCUT2D eigenvalue weighted by molar-refractivity contribution is 5.74. The van der Waals surface area contributed by atoms with Crippen molar-refractivity contribution in [2.45, 2.75) is 51.6 Å². The fourth-order valence-electron chi connectivity index (χ4n) is 2.97. The largest absolute Gasteiger partial charge is 0.337 e. The van der Waals surface area contributed by atoms with Gasteiger partial charge in [0.15, 0.2) is 0 Å². The molecule has 2 fully saturated rings. The first-order chi connectivity index (χ1) is 7.59. The summed E-state index contributed by atoms with van der Waals surface area (Å²) in [6.45, 7) is 6.34.